The van der Waals surface area contributed by atoms with Crippen molar-refractivity contribution in [1.29, 1.82) is 0 Å². The van der Waals surface area contributed by atoms with E-state index in [1.807, 2.05) is 19.1 Å². The van der Waals surface area contributed by atoms with Gasteiger partial charge < -0.3 is 34.9 Å². The van der Waals surface area contributed by atoms with Crippen LogP contribution in [-0.4, -0.2) is 96.0 Å². The Hall–Kier alpha value is -5.45. The molecule has 1 aromatic heterocycles. The number of allylic oxidation sites excluding steroid dienone is 1. The van der Waals surface area contributed by atoms with Crippen LogP contribution in [0.4, 0.5) is 9.18 Å². The number of rotatable bonds is 10. The number of carboxylic acid groups (broad SMARTS) is 1. The van der Waals surface area contributed by atoms with Gasteiger partial charge in [-0.1, -0.05) is 26.0 Å². The summed E-state index contributed by atoms with van der Waals surface area (Å²) in [5, 5.41) is 15.6. The van der Waals surface area contributed by atoms with Crippen LogP contribution in [0.1, 0.15) is 72.6 Å². The fraction of sp³-hybridized carbons (Fsp3) is 0.512. The van der Waals surface area contributed by atoms with E-state index in [1.165, 1.54) is 24.1 Å². The van der Waals surface area contributed by atoms with E-state index in [1.54, 1.807) is 51.1 Å². The van der Waals surface area contributed by atoms with Gasteiger partial charge >= 0.3 is 6.09 Å². The Morgan fingerprint density at radius 2 is 1.83 bits per heavy atom. The second kappa shape index (κ2) is 16.9. The molecular formula is C43H52FN5O10S. The van der Waals surface area contributed by atoms with Crippen LogP contribution in [0.3, 0.4) is 0 Å². The number of carbonyl (C=O) groups excluding carboxylic acids is 3. The quantitative estimate of drug-likeness (QED) is 0.193. The normalized spacial score (nSPS) is 27.2. The predicted molar refractivity (Wildman–Crippen MR) is 219 cm³/mol. The fourth-order valence-corrected chi connectivity index (χ4v) is 9.73. The number of fused-ring (bicyclic) bond motifs is 3. The molecular weight excluding hydrogens is 798 g/mol. The number of amides is 4. The molecule has 15 nitrogen and oxygen atoms in total. The standard InChI is InChI=1S/C43H52FN5O10S/c1-23(2)58-36-15-10-26(18-33(36)44)34-19-27-17-29(57-5)11-14-32(27)39(45-34)59-30-20-35-38(50)47-43(41(52)48-60(55,56)31-12-13-31)21-28(43)9-7-6-8-24(3)16-25(4)37(46-42(53)54)40(51)49(35)22-30/h7,9-11,14-15,17-19,23-25,28,30-31,35,37,46H,6,8,12-13,16,20-22H2,1-5H3,(H,47,50)(H,48,52)(H,53,54)/t24-,25-,28-,30-,35+,37+,43-/m1/s1. The summed E-state index contributed by atoms with van der Waals surface area (Å²) < 4.78 is 60.9. The first kappa shape index (κ1) is 42.7. The van der Waals surface area contributed by atoms with Gasteiger partial charge in [0, 0.05) is 23.3 Å². The van der Waals surface area contributed by atoms with Crippen molar-refractivity contribution in [2.24, 2.45) is 17.8 Å². The summed E-state index contributed by atoms with van der Waals surface area (Å²) in [7, 11) is -2.43. The second-order valence-electron chi connectivity index (χ2n) is 16.9. The monoisotopic (exact) mass is 849 g/mol. The van der Waals surface area contributed by atoms with E-state index in [4.69, 9.17) is 19.2 Å². The largest absolute Gasteiger partial charge is 0.497 e. The Labute approximate surface area is 348 Å². The topological polar surface area (TPSA) is 203 Å². The second-order valence-corrected chi connectivity index (χ2v) is 18.9. The number of sulfonamides is 1. The highest BCUT2D eigenvalue weighted by Gasteiger charge is 2.62. The van der Waals surface area contributed by atoms with Crippen LogP contribution in [0, 0.1) is 23.6 Å². The summed E-state index contributed by atoms with van der Waals surface area (Å²) in [6, 6.07) is 9.05. The minimum absolute atomic E-state index is 0.0829. The molecule has 7 atom stereocenters. The highest BCUT2D eigenvalue weighted by atomic mass is 32.2. The minimum atomic E-state index is -3.95. The number of hydrogen-bond acceptors (Lipinski definition) is 10. The molecule has 0 spiro atoms. The number of benzene rings is 2. The number of halogens is 1. The fourth-order valence-electron chi connectivity index (χ4n) is 8.37. The number of methoxy groups -OCH3 is 1. The highest BCUT2D eigenvalue weighted by molar-refractivity contribution is 7.91. The van der Waals surface area contributed by atoms with Gasteiger partial charge in [0.05, 0.1) is 30.7 Å². The summed E-state index contributed by atoms with van der Waals surface area (Å²) >= 11 is 0. The Morgan fingerprint density at radius 3 is 2.52 bits per heavy atom. The van der Waals surface area contributed by atoms with Crippen molar-refractivity contribution in [3.8, 4) is 28.6 Å². The predicted octanol–water partition coefficient (Wildman–Crippen LogP) is 5.32. The summed E-state index contributed by atoms with van der Waals surface area (Å²) in [5.41, 5.74) is -0.798. The van der Waals surface area contributed by atoms with Gasteiger partial charge in [0.1, 0.15) is 29.5 Å². The van der Waals surface area contributed by atoms with E-state index < -0.39 is 80.5 Å². The molecule has 0 bridgehead atoms. The van der Waals surface area contributed by atoms with E-state index in [9.17, 15) is 32.7 Å². The van der Waals surface area contributed by atoms with Crippen molar-refractivity contribution in [3.63, 3.8) is 0 Å². The van der Waals surface area contributed by atoms with Crippen molar-refractivity contribution in [2.45, 2.75) is 108 Å². The molecule has 1 saturated heterocycles. The van der Waals surface area contributed by atoms with Crippen molar-refractivity contribution in [2.75, 3.05) is 13.7 Å². The average molecular weight is 850 g/mol. The first-order valence-corrected chi connectivity index (χ1v) is 22.0. The molecule has 3 heterocycles. The number of carbonyl (C=O) groups is 4. The highest BCUT2D eigenvalue weighted by Crippen LogP contribution is 2.46. The van der Waals surface area contributed by atoms with Gasteiger partial charge in [-0.3, -0.25) is 19.1 Å². The summed E-state index contributed by atoms with van der Waals surface area (Å²) in [5.74, 6) is -2.91. The third-order valence-electron chi connectivity index (χ3n) is 11.8. The molecule has 2 aromatic carbocycles. The third kappa shape index (κ3) is 9.15. The van der Waals surface area contributed by atoms with Gasteiger partial charge in [-0.15, -0.1) is 0 Å². The molecule has 2 aliphatic heterocycles. The maximum absolute atomic E-state index is 15.2. The van der Waals surface area contributed by atoms with E-state index in [2.05, 4.69) is 15.4 Å². The van der Waals surface area contributed by atoms with Crippen LogP contribution in [0.2, 0.25) is 0 Å². The van der Waals surface area contributed by atoms with Gasteiger partial charge in [0.25, 0.3) is 5.91 Å². The lowest BCUT2D eigenvalue weighted by Crippen LogP contribution is -2.59. The number of hydrogen-bond donors (Lipinski definition) is 4. The summed E-state index contributed by atoms with van der Waals surface area (Å²) in [4.78, 5) is 61.1. The van der Waals surface area contributed by atoms with Gasteiger partial charge in [-0.25, -0.2) is 22.6 Å². The lowest BCUT2D eigenvalue weighted by Gasteiger charge is -2.32. The van der Waals surface area contributed by atoms with Gasteiger partial charge in [-0.2, -0.15) is 0 Å². The van der Waals surface area contributed by atoms with E-state index >= 15 is 4.39 Å². The third-order valence-corrected chi connectivity index (χ3v) is 13.6. The van der Waals surface area contributed by atoms with Crippen LogP contribution in [0.5, 0.6) is 17.4 Å². The maximum atomic E-state index is 15.2. The van der Waals surface area contributed by atoms with Gasteiger partial charge in [0.2, 0.25) is 27.7 Å². The molecule has 4 N–H and O–H groups in total. The molecule has 60 heavy (non-hydrogen) atoms. The van der Waals surface area contributed by atoms with Crippen molar-refractivity contribution >= 4 is 44.6 Å². The zero-order valence-corrected chi connectivity index (χ0v) is 35.1. The van der Waals surface area contributed by atoms with Crippen molar-refractivity contribution in [1.82, 2.24) is 25.2 Å². The first-order valence-electron chi connectivity index (χ1n) is 20.4. The van der Waals surface area contributed by atoms with E-state index in [-0.39, 0.29) is 43.0 Å². The molecule has 17 heteroatoms. The van der Waals surface area contributed by atoms with Gasteiger partial charge in [-0.05, 0) is 112 Å². The minimum Gasteiger partial charge on any atom is -0.497 e. The first-order chi connectivity index (χ1) is 28.5. The molecule has 2 saturated carbocycles. The maximum Gasteiger partial charge on any atom is 0.405 e. The zero-order chi connectivity index (χ0) is 43.1. The lowest BCUT2D eigenvalue weighted by molar-refractivity contribution is -0.142. The number of ether oxygens (including phenoxy) is 3. The van der Waals surface area contributed by atoms with Crippen LogP contribution in [0.15, 0.2) is 54.6 Å². The molecule has 322 valence electrons. The van der Waals surface area contributed by atoms with Crippen molar-refractivity contribution in [3.05, 3.63) is 60.4 Å². The van der Waals surface area contributed by atoms with Crippen LogP contribution in [-0.2, 0) is 24.4 Å². The number of aromatic nitrogens is 1. The summed E-state index contributed by atoms with van der Waals surface area (Å²) in [6.45, 7) is 7.23. The Balaban J connectivity index is 1.25. The molecule has 4 aliphatic rings. The number of nitrogens with one attached hydrogen (secondary N) is 3. The van der Waals surface area contributed by atoms with E-state index in [0.717, 1.165) is 0 Å². The Morgan fingerprint density at radius 1 is 1.07 bits per heavy atom. The van der Waals surface area contributed by atoms with Crippen LogP contribution >= 0.6 is 0 Å². The van der Waals surface area contributed by atoms with Crippen LogP contribution < -0.4 is 29.6 Å². The Kier molecular flexibility index (Phi) is 12.0. The smallest absolute Gasteiger partial charge is 0.405 e. The van der Waals surface area contributed by atoms with Gasteiger partial charge in [0.15, 0.2) is 11.6 Å². The lowest BCUT2D eigenvalue weighted by atomic mass is 9.88. The van der Waals surface area contributed by atoms with E-state index in [0.29, 0.717) is 59.9 Å². The molecule has 3 fully saturated rings. The van der Waals surface area contributed by atoms with Crippen molar-refractivity contribution < 1.29 is 51.3 Å². The summed E-state index contributed by atoms with van der Waals surface area (Å²) in [6.07, 6.45) is 3.98. The zero-order valence-electron chi connectivity index (χ0n) is 34.3. The molecule has 3 aromatic rings. The molecule has 0 unspecified atom stereocenters. The molecule has 7 rings (SSSR count). The molecule has 2 aliphatic carbocycles. The number of pyridine rings is 1. The van der Waals surface area contributed by atoms with Crippen LogP contribution in [0.25, 0.3) is 22.0 Å². The Bertz CT molecular complexity index is 2320. The SMILES string of the molecule is COc1ccc2c(O[C@@H]3C[C@H]4C(=O)N[C@]5(C(=O)NS(=O)(=O)C6CC6)C[C@H]5C=CCC[C@@H](C)C[C@@H](C)[C@H](NC(=O)O)C(=O)N4C3)nc(-c3ccc(OC(C)C)c(F)c3)cc2c1. The molecule has 4 amide bonds. The molecule has 0 radical (unpaired) electrons. The average Bonchev–Trinajstić information content (AvgIpc) is 4.12. The number of nitrogens with zero attached hydrogens (tertiary/aromatic N) is 2.